The lowest BCUT2D eigenvalue weighted by molar-refractivity contribution is -0.137. The van der Waals surface area contributed by atoms with Gasteiger partial charge in [-0.3, -0.25) is 9.36 Å². The Morgan fingerprint density at radius 2 is 2.06 bits per heavy atom. The lowest BCUT2D eigenvalue weighted by Crippen LogP contribution is -2.42. The summed E-state index contributed by atoms with van der Waals surface area (Å²) in [6.07, 6.45) is -3.94. The SMILES string of the molecule is CCNC(=O)[C@H]1O[C@@H](n2cnc3c(N)nc(N=NCc4ccc(CO)o4)nc32)[C@H](O)[C@@H]1O. The van der Waals surface area contributed by atoms with Crippen molar-refractivity contribution in [1.29, 1.82) is 0 Å². The van der Waals surface area contributed by atoms with E-state index in [0.29, 0.717) is 18.1 Å². The fraction of sp³-hybridized carbons (Fsp3) is 0.444. The van der Waals surface area contributed by atoms with E-state index >= 15 is 0 Å². The van der Waals surface area contributed by atoms with Crippen LogP contribution in [0.15, 0.2) is 33.1 Å². The number of nitrogens with zero attached hydrogens (tertiary/aromatic N) is 6. The van der Waals surface area contributed by atoms with Crippen LogP contribution in [0, 0.1) is 0 Å². The first-order valence-electron chi connectivity index (χ1n) is 9.78. The summed E-state index contributed by atoms with van der Waals surface area (Å²) < 4.78 is 12.3. The zero-order chi connectivity index (χ0) is 22.8. The number of ether oxygens (including phenoxy) is 1. The smallest absolute Gasteiger partial charge is 0.272 e. The number of imidazole rings is 1. The molecule has 170 valence electrons. The van der Waals surface area contributed by atoms with Crippen molar-refractivity contribution >= 4 is 28.8 Å². The second-order valence-electron chi connectivity index (χ2n) is 6.98. The van der Waals surface area contributed by atoms with Gasteiger partial charge in [0.05, 0.1) is 6.33 Å². The minimum absolute atomic E-state index is 0.0246. The highest BCUT2D eigenvalue weighted by molar-refractivity contribution is 5.83. The van der Waals surface area contributed by atoms with Gasteiger partial charge in [0.25, 0.3) is 11.9 Å². The summed E-state index contributed by atoms with van der Waals surface area (Å²) in [5, 5.41) is 40.2. The first-order valence-corrected chi connectivity index (χ1v) is 9.78. The molecule has 4 heterocycles. The Hall–Kier alpha value is -3.46. The largest absolute Gasteiger partial charge is 0.462 e. The maximum Gasteiger partial charge on any atom is 0.272 e. The van der Waals surface area contributed by atoms with Crippen molar-refractivity contribution in [1.82, 2.24) is 24.8 Å². The number of aliphatic hydroxyl groups is 3. The Bertz CT molecular complexity index is 1140. The second kappa shape index (κ2) is 8.96. The number of nitrogen functional groups attached to an aromatic ring is 1. The molecule has 4 atom stereocenters. The summed E-state index contributed by atoms with van der Waals surface area (Å²) in [6.45, 7) is 1.94. The van der Waals surface area contributed by atoms with Crippen LogP contribution in [0.5, 0.6) is 0 Å². The number of nitrogens with one attached hydrogen (secondary N) is 1. The van der Waals surface area contributed by atoms with Crippen LogP contribution in [0.4, 0.5) is 11.8 Å². The molecule has 1 aliphatic rings. The number of nitrogens with two attached hydrogens (primary N) is 1. The Labute approximate surface area is 180 Å². The maximum atomic E-state index is 12.1. The highest BCUT2D eigenvalue weighted by atomic mass is 16.6. The highest BCUT2D eigenvalue weighted by Gasteiger charge is 2.47. The third kappa shape index (κ3) is 4.03. The molecule has 0 saturated carbocycles. The van der Waals surface area contributed by atoms with Crippen molar-refractivity contribution in [2.24, 2.45) is 10.2 Å². The quantitative estimate of drug-likeness (QED) is 0.295. The van der Waals surface area contributed by atoms with Crippen molar-refractivity contribution in [3.63, 3.8) is 0 Å². The number of hydrogen-bond acceptors (Lipinski definition) is 12. The summed E-state index contributed by atoms with van der Waals surface area (Å²) in [5.74, 6) is 0.307. The van der Waals surface area contributed by atoms with Gasteiger partial charge in [-0.05, 0) is 19.1 Å². The van der Waals surface area contributed by atoms with Gasteiger partial charge in [-0.2, -0.15) is 15.1 Å². The minimum Gasteiger partial charge on any atom is -0.462 e. The molecular formula is C18H22N8O6. The lowest BCUT2D eigenvalue weighted by Gasteiger charge is -2.16. The van der Waals surface area contributed by atoms with Crippen LogP contribution in [0.25, 0.3) is 11.2 Å². The van der Waals surface area contributed by atoms with Crippen molar-refractivity contribution in [2.45, 2.75) is 44.6 Å². The van der Waals surface area contributed by atoms with Crippen LogP contribution in [0.3, 0.4) is 0 Å². The molecule has 4 rings (SSSR count). The molecule has 1 saturated heterocycles. The van der Waals surface area contributed by atoms with Gasteiger partial charge in [-0.25, -0.2) is 4.98 Å². The number of furan rings is 1. The van der Waals surface area contributed by atoms with E-state index in [-0.39, 0.29) is 36.1 Å². The summed E-state index contributed by atoms with van der Waals surface area (Å²) in [6, 6.07) is 3.28. The monoisotopic (exact) mass is 446 g/mol. The number of anilines is 1. The number of likely N-dealkylation sites (N-methyl/N-ethyl adjacent to an activating group) is 1. The third-order valence-electron chi connectivity index (χ3n) is 4.82. The maximum absolute atomic E-state index is 12.1. The number of amides is 1. The predicted molar refractivity (Wildman–Crippen MR) is 107 cm³/mol. The molecule has 0 bridgehead atoms. The molecule has 3 aromatic heterocycles. The first-order chi connectivity index (χ1) is 15.4. The fourth-order valence-electron chi connectivity index (χ4n) is 3.30. The van der Waals surface area contributed by atoms with Crippen LogP contribution < -0.4 is 11.1 Å². The van der Waals surface area contributed by atoms with Crippen LogP contribution in [0.1, 0.15) is 24.7 Å². The van der Waals surface area contributed by atoms with E-state index in [1.165, 1.54) is 10.9 Å². The number of rotatable bonds is 7. The van der Waals surface area contributed by atoms with E-state index < -0.39 is 30.4 Å². The molecule has 1 amide bonds. The summed E-state index contributed by atoms with van der Waals surface area (Å²) in [4.78, 5) is 24.6. The molecule has 0 unspecified atom stereocenters. The van der Waals surface area contributed by atoms with Crippen LogP contribution in [-0.4, -0.2) is 65.6 Å². The van der Waals surface area contributed by atoms with E-state index in [4.69, 9.17) is 20.0 Å². The highest BCUT2D eigenvalue weighted by Crippen LogP contribution is 2.32. The Kier molecular flexibility index (Phi) is 6.09. The van der Waals surface area contributed by atoms with Crippen LogP contribution in [-0.2, 0) is 22.7 Å². The third-order valence-corrected chi connectivity index (χ3v) is 4.82. The Balaban J connectivity index is 1.59. The molecule has 0 aliphatic carbocycles. The topological polar surface area (TPSA) is 206 Å². The average molecular weight is 446 g/mol. The van der Waals surface area contributed by atoms with Crippen molar-refractivity contribution in [3.05, 3.63) is 30.0 Å². The predicted octanol–water partition coefficient (Wildman–Crippen LogP) is -0.467. The molecule has 14 heteroatoms. The zero-order valence-electron chi connectivity index (χ0n) is 17.0. The summed E-state index contributed by atoms with van der Waals surface area (Å²) >= 11 is 0. The van der Waals surface area contributed by atoms with Crippen molar-refractivity contribution < 1.29 is 29.3 Å². The molecule has 6 N–H and O–H groups in total. The number of aliphatic hydroxyl groups excluding tert-OH is 3. The molecule has 1 fully saturated rings. The van der Waals surface area contributed by atoms with E-state index in [1.807, 2.05) is 0 Å². The Morgan fingerprint density at radius 1 is 1.28 bits per heavy atom. The first kappa shape index (κ1) is 21.8. The summed E-state index contributed by atoms with van der Waals surface area (Å²) in [7, 11) is 0. The van der Waals surface area contributed by atoms with Gasteiger partial charge in [0.2, 0.25) is 0 Å². The van der Waals surface area contributed by atoms with Gasteiger partial charge in [0.15, 0.2) is 23.8 Å². The molecule has 14 nitrogen and oxygen atoms in total. The van der Waals surface area contributed by atoms with Crippen molar-refractivity contribution in [2.75, 3.05) is 12.3 Å². The number of carbonyl (C=O) groups is 1. The molecule has 32 heavy (non-hydrogen) atoms. The Morgan fingerprint density at radius 3 is 2.78 bits per heavy atom. The van der Waals surface area contributed by atoms with Crippen LogP contribution in [0.2, 0.25) is 0 Å². The van der Waals surface area contributed by atoms with E-state index in [1.54, 1.807) is 19.1 Å². The van der Waals surface area contributed by atoms with Crippen molar-refractivity contribution in [3.8, 4) is 0 Å². The summed E-state index contributed by atoms with van der Waals surface area (Å²) in [5.41, 5.74) is 6.37. The minimum atomic E-state index is -1.44. The number of aromatic nitrogens is 4. The fourth-order valence-corrected chi connectivity index (χ4v) is 3.30. The molecule has 1 aliphatic heterocycles. The number of fused-ring (bicyclic) bond motifs is 1. The number of azo groups is 1. The van der Waals surface area contributed by atoms with E-state index in [0.717, 1.165) is 0 Å². The van der Waals surface area contributed by atoms with Gasteiger partial charge >= 0.3 is 0 Å². The number of carbonyl (C=O) groups excluding carboxylic acids is 1. The normalized spacial score (nSPS) is 23.4. The van der Waals surface area contributed by atoms with E-state index in [9.17, 15) is 15.0 Å². The zero-order valence-corrected chi connectivity index (χ0v) is 17.0. The molecule has 0 spiro atoms. The van der Waals surface area contributed by atoms with Gasteiger partial charge in [0, 0.05) is 6.54 Å². The molecule has 0 aromatic carbocycles. The lowest BCUT2D eigenvalue weighted by atomic mass is 10.1. The van der Waals surface area contributed by atoms with Crippen LogP contribution >= 0.6 is 0 Å². The molecule has 0 radical (unpaired) electrons. The standard InChI is InChI=1S/C18H22N8O6/c1-2-20-16(30)13-11(28)12(29)17(32-13)26-7-21-10-14(19)23-18(24-15(10)26)25-22-5-8-3-4-9(6-27)31-8/h3-4,7,11-13,17,27-29H,2,5-6H2,1H3,(H,20,30)(H2,19,23,24)/t11-,12+,13-,17+/m0/s1. The van der Waals surface area contributed by atoms with Gasteiger partial charge in [-0.1, -0.05) is 0 Å². The van der Waals surface area contributed by atoms with E-state index in [2.05, 4.69) is 30.5 Å². The van der Waals surface area contributed by atoms with Gasteiger partial charge in [-0.15, -0.1) is 5.11 Å². The van der Waals surface area contributed by atoms with Gasteiger partial charge in [0.1, 0.15) is 42.4 Å². The number of hydrogen-bond donors (Lipinski definition) is 5. The second-order valence-corrected chi connectivity index (χ2v) is 6.98. The molecular weight excluding hydrogens is 424 g/mol. The molecule has 3 aromatic rings. The average Bonchev–Trinajstić information content (AvgIpc) is 3.47. The van der Waals surface area contributed by atoms with Gasteiger partial charge < -0.3 is 35.5 Å².